The van der Waals surface area contributed by atoms with Crippen molar-refractivity contribution in [1.82, 2.24) is 0 Å². The Morgan fingerprint density at radius 3 is 2.00 bits per heavy atom. The second-order valence-electron chi connectivity index (χ2n) is 4.70. The van der Waals surface area contributed by atoms with Gasteiger partial charge in [0.15, 0.2) is 0 Å². The van der Waals surface area contributed by atoms with E-state index < -0.39 is 0 Å². The minimum atomic E-state index is -0.267. The normalized spacial score (nSPS) is 9.83. The van der Waals surface area contributed by atoms with Gasteiger partial charge in [-0.3, -0.25) is 4.79 Å². The van der Waals surface area contributed by atoms with Crippen LogP contribution >= 0.6 is 0 Å². The van der Waals surface area contributed by atoms with Crippen molar-refractivity contribution < 1.29 is 19.0 Å². The van der Waals surface area contributed by atoms with Crippen LogP contribution in [0, 0.1) is 6.92 Å². The third kappa shape index (κ3) is 3.95. The number of benzene rings is 2. The number of methoxy groups -OCH3 is 2. The summed E-state index contributed by atoms with van der Waals surface area (Å²) in [5.41, 5.74) is 1.72. The lowest BCUT2D eigenvalue weighted by Gasteiger charge is -2.18. The summed E-state index contributed by atoms with van der Waals surface area (Å²) in [5.74, 6) is 1.21. The second-order valence-corrected chi connectivity index (χ2v) is 4.70. The molecule has 0 bridgehead atoms. The first kappa shape index (κ1) is 18.8. The van der Waals surface area contributed by atoms with Crippen LogP contribution < -0.4 is 9.47 Å². The summed E-state index contributed by atoms with van der Waals surface area (Å²) in [7, 11) is 3.25. The predicted molar refractivity (Wildman–Crippen MR) is 93.5 cm³/mol. The average molecular weight is 318 g/mol. The van der Waals surface area contributed by atoms with Crippen molar-refractivity contribution in [3.05, 3.63) is 35.4 Å². The molecule has 4 heteroatoms. The quantitative estimate of drug-likeness (QED) is 0.771. The van der Waals surface area contributed by atoms with Gasteiger partial charge >= 0.3 is 5.97 Å². The number of ether oxygens (including phenoxy) is 3. The minimum absolute atomic E-state index is 0.171. The third-order valence-electron chi connectivity index (χ3n) is 3.52. The van der Waals surface area contributed by atoms with Crippen molar-refractivity contribution in [2.75, 3.05) is 20.8 Å². The fourth-order valence-electron chi connectivity index (χ4n) is 2.62. The molecule has 4 nitrogen and oxygen atoms in total. The SMILES string of the molecule is CC.CCOC(=O)Cc1c(C)c(OC)c2ccccc2c1OC. The number of rotatable bonds is 5. The first-order valence-electron chi connectivity index (χ1n) is 7.91. The maximum absolute atomic E-state index is 11.8. The van der Waals surface area contributed by atoms with Gasteiger partial charge in [-0.05, 0) is 19.4 Å². The summed E-state index contributed by atoms with van der Waals surface area (Å²) in [5, 5.41) is 1.91. The van der Waals surface area contributed by atoms with Crippen LogP contribution in [0.3, 0.4) is 0 Å². The van der Waals surface area contributed by atoms with Crippen LogP contribution in [0.15, 0.2) is 24.3 Å². The molecule has 2 aromatic rings. The van der Waals surface area contributed by atoms with E-state index in [4.69, 9.17) is 14.2 Å². The molecule has 0 radical (unpaired) electrons. The molecule has 23 heavy (non-hydrogen) atoms. The van der Waals surface area contributed by atoms with Crippen LogP contribution in [0.1, 0.15) is 31.9 Å². The molecular formula is C19H26O4. The topological polar surface area (TPSA) is 44.8 Å². The number of carbonyl (C=O) groups is 1. The summed E-state index contributed by atoms with van der Waals surface area (Å²) < 4.78 is 16.1. The van der Waals surface area contributed by atoms with E-state index in [0.717, 1.165) is 27.6 Å². The average Bonchev–Trinajstić information content (AvgIpc) is 2.58. The van der Waals surface area contributed by atoms with Crippen LogP contribution in [0.2, 0.25) is 0 Å². The zero-order chi connectivity index (χ0) is 17.4. The molecule has 0 aliphatic rings. The number of hydrogen-bond donors (Lipinski definition) is 0. The maximum atomic E-state index is 11.8. The predicted octanol–water partition coefficient (Wildman–Crippen LogP) is 4.30. The van der Waals surface area contributed by atoms with E-state index in [2.05, 4.69) is 0 Å². The minimum Gasteiger partial charge on any atom is -0.496 e. The number of fused-ring (bicyclic) bond motifs is 1. The highest BCUT2D eigenvalue weighted by molar-refractivity contribution is 5.97. The number of carbonyl (C=O) groups excluding carboxylic acids is 1. The lowest BCUT2D eigenvalue weighted by Crippen LogP contribution is -2.10. The van der Waals surface area contributed by atoms with Crippen molar-refractivity contribution in [1.29, 1.82) is 0 Å². The van der Waals surface area contributed by atoms with Crippen LogP contribution in [0.4, 0.5) is 0 Å². The van der Waals surface area contributed by atoms with Crippen LogP contribution in [-0.4, -0.2) is 26.8 Å². The summed E-state index contributed by atoms with van der Waals surface area (Å²) in [4.78, 5) is 11.8. The Kier molecular flexibility index (Phi) is 7.39. The first-order valence-corrected chi connectivity index (χ1v) is 7.91. The monoisotopic (exact) mass is 318 g/mol. The van der Waals surface area contributed by atoms with E-state index in [1.165, 1.54) is 0 Å². The molecule has 0 saturated carbocycles. The zero-order valence-corrected chi connectivity index (χ0v) is 14.9. The van der Waals surface area contributed by atoms with Gasteiger partial charge in [0, 0.05) is 16.3 Å². The number of esters is 1. The van der Waals surface area contributed by atoms with Gasteiger partial charge in [-0.2, -0.15) is 0 Å². The van der Waals surface area contributed by atoms with Crippen molar-refractivity contribution in [3.8, 4) is 11.5 Å². The smallest absolute Gasteiger partial charge is 0.310 e. The van der Waals surface area contributed by atoms with Crippen LogP contribution in [0.5, 0.6) is 11.5 Å². The standard InChI is InChI=1S/C17H20O4.C2H6/c1-5-21-15(18)10-14-11(2)16(19-3)12-8-6-7-9-13(12)17(14)20-4;1-2/h6-9H,5,10H2,1-4H3;1-2H3. The van der Waals surface area contributed by atoms with Gasteiger partial charge in [-0.25, -0.2) is 0 Å². The fraction of sp³-hybridized carbons (Fsp3) is 0.421. The Labute approximate surface area is 138 Å². The molecule has 126 valence electrons. The molecule has 0 amide bonds. The van der Waals surface area contributed by atoms with E-state index >= 15 is 0 Å². The van der Waals surface area contributed by atoms with Crippen molar-refractivity contribution in [2.24, 2.45) is 0 Å². The third-order valence-corrected chi connectivity index (χ3v) is 3.52. The van der Waals surface area contributed by atoms with E-state index in [9.17, 15) is 4.79 Å². The highest BCUT2D eigenvalue weighted by Gasteiger charge is 2.20. The van der Waals surface area contributed by atoms with Gasteiger partial charge in [0.25, 0.3) is 0 Å². The lowest BCUT2D eigenvalue weighted by molar-refractivity contribution is -0.142. The Balaban J connectivity index is 0.00000127. The highest BCUT2D eigenvalue weighted by Crippen LogP contribution is 2.40. The molecule has 0 aliphatic heterocycles. The van der Waals surface area contributed by atoms with Crippen molar-refractivity contribution in [3.63, 3.8) is 0 Å². The molecule has 2 aromatic carbocycles. The molecule has 0 spiro atoms. The lowest BCUT2D eigenvalue weighted by atomic mass is 9.96. The first-order chi connectivity index (χ1) is 11.1. The Morgan fingerprint density at radius 2 is 1.52 bits per heavy atom. The van der Waals surface area contributed by atoms with Gasteiger partial charge in [-0.15, -0.1) is 0 Å². The van der Waals surface area contributed by atoms with Gasteiger partial charge < -0.3 is 14.2 Å². The summed E-state index contributed by atoms with van der Waals surface area (Å²) in [6.45, 7) is 8.09. The molecule has 0 aromatic heterocycles. The Hall–Kier alpha value is -2.23. The molecule has 0 aliphatic carbocycles. The molecule has 0 unspecified atom stereocenters. The van der Waals surface area contributed by atoms with Gasteiger partial charge in [-0.1, -0.05) is 38.1 Å². The van der Waals surface area contributed by atoms with Gasteiger partial charge in [0.05, 0.1) is 27.2 Å². The van der Waals surface area contributed by atoms with Gasteiger partial charge in [0.1, 0.15) is 11.5 Å². The largest absolute Gasteiger partial charge is 0.496 e. The molecular weight excluding hydrogens is 292 g/mol. The molecule has 0 N–H and O–H groups in total. The molecule has 2 rings (SSSR count). The van der Waals surface area contributed by atoms with E-state index in [-0.39, 0.29) is 12.4 Å². The fourth-order valence-corrected chi connectivity index (χ4v) is 2.62. The van der Waals surface area contributed by atoms with Crippen molar-refractivity contribution >= 4 is 16.7 Å². The van der Waals surface area contributed by atoms with E-state index in [0.29, 0.717) is 12.4 Å². The highest BCUT2D eigenvalue weighted by atomic mass is 16.5. The molecule has 0 fully saturated rings. The Bertz CT molecular complexity index is 662. The molecule has 0 saturated heterocycles. The van der Waals surface area contributed by atoms with Crippen LogP contribution in [-0.2, 0) is 16.0 Å². The van der Waals surface area contributed by atoms with Gasteiger partial charge in [0.2, 0.25) is 0 Å². The molecule has 0 atom stereocenters. The van der Waals surface area contributed by atoms with Crippen molar-refractivity contribution in [2.45, 2.75) is 34.1 Å². The summed E-state index contributed by atoms with van der Waals surface area (Å²) >= 11 is 0. The Morgan fingerprint density at radius 1 is 1.00 bits per heavy atom. The van der Waals surface area contributed by atoms with Crippen LogP contribution in [0.25, 0.3) is 10.8 Å². The van der Waals surface area contributed by atoms with E-state index in [1.807, 2.05) is 45.0 Å². The summed E-state index contributed by atoms with van der Waals surface area (Å²) in [6.07, 6.45) is 0.171. The summed E-state index contributed by atoms with van der Waals surface area (Å²) in [6, 6.07) is 7.84. The number of hydrogen-bond acceptors (Lipinski definition) is 4. The second kappa shape index (κ2) is 9.03. The zero-order valence-electron chi connectivity index (χ0n) is 14.9. The maximum Gasteiger partial charge on any atom is 0.310 e. The molecule has 0 heterocycles. The van der Waals surface area contributed by atoms with E-state index in [1.54, 1.807) is 21.1 Å².